The van der Waals surface area contributed by atoms with E-state index >= 15 is 0 Å². The van der Waals surface area contributed by atoms with Crippen LogP contribution in [0.5, 0.6) is 0 Å². The lowest BCUT2D eigenvalue weighted by Gasteiger charge is -2.01. The molecule has 94 valence electrons. The molecule has 0 aliphatic carbocycles. The van der Waals surface area contributed by atoms with E-state index in [0.29, 0.717) is 0 Å². The minimum absolute atomic E-state index is 0.788. The van der Waals surface area contributed by atoms with Gasteiger partial charge in [0, 0.05) is 28.1 Å². The van der Waals surface area contributed by atoms with Crippen LogP contribution in [-0.4, -0.2) is 21.5 Å². The van der Waals surface area contributed by atoms with Crippen molar-refractivity contribution in [3.8, 4) is 0 Å². The molecule has 0 radical (unpaired) electrons. The second-order valence-corrected chi connectivity index (χ2v) is 6.20. The van der Waals surface area contributed by atoms with E-state index in [4.69, 9.17) is 11.6 Å². The Labute approximate surface area is 121 Å². The zero-order chi connectivity index (χ0) is 12.6. The first-order valence-electron chi connectivity index (χ1n) is 5.63. The summed E-state index contributed by atoms with van der Waals surface area (Å²) in [5.74, 6) is 2.14. The third-order valence-corrected chi connectivity index (χ3v) is 4.46. The van der Waals surface area contributed by atoms with Gasteiger partial charge in [0.15, 0.2) is 5.16 Å². The summed E-state index contributed by atoms with van der Waals surface area (Å²) in [6, 6.07) is 9.80. The summed E-state index contributed by atoms with van der Waals surface area (Å²) >= 11 is 9.39. The number of hydrogen-bond acceptors (Lipinski definition) is 4. The van der Waals surface area contributed by atoms with Gasteiger partial charge in [-0.15, -0.1) is 11.8 Å². The maximum atomic E-state index is 5.84. The standard InChI is InChI=1S/C13H13ClN2S2/c14-11-3-5-12(6-4-11)17-9-2-10-18-13-15-7-1-8-16-13/h1,3-8H,2,9-10H2. The van der Waals surface area contributed by atoms with Crippen LogP contribution >= 0.6 is 35.1 Å². The highest BCUT2D eigenvalue weighted by atomic mass is 35.5. The molecule has 0 saturated carbocycles. The van der Waals surface area contributed by atoms with Gasteiger partial charge in [-0.25, -0.2) is 9.97 Å². The molecule has 1 heterocycles. The molecule has 1 aromatic carbocycles. The fourth-order valence-corrected chi connectivity index (χ4v) is 3.21. The van der Waals surface area contributed by atoms with Gasteiger partial charge in [0.1, 0.15) is 0 Å². The predicted octanol–water partition coefficient (Wildman–Crippen LogP) is 4.40. The molecule has 0 unspecified atom stereocenters. The molecule has 0 spiro atoms. The van der Waals surface area contributed by atoms with E-state index < -0.39 is 0 Å². The maximum absolute atomic E-state index is 5.84. The Morgan fingerprint density at radius 3 is 2.33 bits per heavy atom. The summed E-state index contributed by atoms with van der Waals surface area (Å²) in [5.41, 5.74) is 0. The van der Waals surface area contributed by atoms with Crippen LogP contribution in [-0.2, 0) is 0 Å². The zero-order valence-corrected chi connectivity index (χ0v) is 12.1. The smallest absolute Gasteiger partial charge is 0.187 e. The van der Waals surface area contributed by atoms with Gasteiger partial charge in [0.25, 0.3) is 0 Å². The normalized spacial score (nSPS) is 10.5. The van der Waals surface area contributed by atoms with E-state index in [1.807, 2.05) is 30.0 Å². The summed E-state index contributed by atoms with van der Waals surface area (Å²) in [4.78, 5) is 9.61. The fourth-order valence-electron chi connectivity index (χ4n) is 1.30. The van der Waals surface area contributed by atoms with Gasteiger partial charge in [-0.2, -0.15) is 0 Å². The summed E-state index contributed by atoms with van der Waals surface area (Å²) in [6.45, 7) is 0. The molecule has 0 aliphatic heterocycles. The molecule has 5 heteroatoms. The number of halogens is 1. The van der Waals surface area contributed by atoms with Crippen LogP contribution in [0.2, 0.25) is 5.02 Å². The fraction of sp³-hybridized carbons (Fsp3) is 0.231. The van der Waals surface area contributed by atoms with Gasteiger partial charge in [0.05, 0.1) is 0 Å². The van der Waals surface area contributed by atoms with Gasteiger partial charge in [-0.05, 0) is 42.5 Å². The van der Waals surface area contributed by atoms with E-state index in [2.05, 4.69) is 22.1 Å². The van der Waals surface area contributed by atoms with Gasteiger partial charge >= 0.3 is 0 Å². The van der Waals surface area contributed by atoms with Crippen molar-refractivity contribution in [2.75, 3.05) is 11.5 Å². The molecule has 0 aliphatic rings. The third kappa shape index (κ3) is 4.88. The van der Waals surface area contributed by atoms with Gasteiger partial charge in [0.2, 0.25) is 0 Å². The van der Waals surface area contributed by atoms with Crippen LogP contribution in [0.1, 0.15) is 6.42 Å². The van der Waals surface area contributed by atoms with Crippen molar-refractivity contribution in [2.24, 2.45) is 0 Å². The topological polar surface area (TPSA) is 25.8 Å². The molecule has 0 bridgehead atoms. The number of nitrogens with zero attached hydrogens (tertiary/aromatic N) is 2. The van der Waals surface area contributed by atoms with Gasteiger partial charge < -0.3 is 0 Å². The molecule has 0 fully saturated rings. The summed E-state index contributed by atoms with van der Waals surface area (Å²) in [6.07, 6.45) is 4.69. The van der Waals surface area contributed by atoms with Crippen molar-refractivity contribution in [3.63, 3.8) is 0 Å². The average molecular weight is 297 g/mol. The number of benzene rings is 1. The number of thioether (sulfide) groups is 2. The van der Waals surface area contributed by atoms with Crippen LogP contribution in [0.25, 0.3) is 0 Å². The first-order valence-corrected chi connectivity index (χ1v) is 7.98. The van der Waals surface area contributed by atoms with Crippen LogP contribution in [0.4, 0.5) is 0 Å². The second-order valence-electron chi connectivity index (χ2n) is 3.54. The quantitative estimate of drug-likeness (QED) is 0.448. The molecule has 0 amide bonds. The van der Waals surface area contributed by atoms with Crippen molar-refractivity contribution in [1.82, 2.24) is 9.97 Å². The van der Waals surface area contributed by atoms with E-state index in [-0.39, 0.29) is 0 Å². The largest absolute Gasteiger partial charge is 0.231 e. The number of hydrogen-bond donors (Lipinski definition) is 0. The zero-order valence-electron chi connectivity index (χ0n) is 9.75. The predicted molar refractivity (Wildman–Crippen MR) is 79.5 cm³/mol. The van der Waals surface area contributed by atoms with Crippen LogP contribution in [0.3, 0.4) is 0 Å². The maximum Gasteiger partial charge on any atom is 0.187 e. The number of aromatic nitrogens is 2. The minimum atomic E-state index is 0.788. The van der Waals surface area contributed by atoms with Crippen molar-refractivity contribution in [3.05, 3.63) is 47.7 Å². The summed E-state index contributed by atoms with van der Waals surface area (Å²) in [5, 5.41) is 1.64. The third-order valence-electron chi connectivity index (χ3n) is 2.14. The second kappa shape index (κ2) is 7.67. The Bertz CT molecular complexity index is 462. The van der Waals surface area contributed by atoms with E-state index in [1.54, 1.807) is 24.2 Å². The molecule has 2 aromatic rings. The van der Waals surface area contributed by atoms with Crippen molar-refractivity contribution in [2.45, 2.75) is 16.5 Å². The first-order chi connectivity index (χ1) is 8.84. The minimum Gasteiger partial charge on any atom is -0.231 e. The van der Waals surface area contributed by atoms with E-state index in [9.17, 15) is 0 Å². The molecular weight excluding hydrogens is 284 g/mol. The Morgan fingerprint density at radius 2 is 1.61 bits per heavy atom. The lowest BCUT2D eigenvalue weighted by atomic mass is 10.4. The average Bonchev–Trinajstić information content (AvgIpc) is 2.42. The highest BCUT2D eigenvalue weighted by molar-refractivity contribution is 8.00. The Hall–Kier alpha value is -0.710. The lowest BCUT2D eigenvalue weighted by Crippen LogP contribution is -1.88. The Kier molecular flexibility index (Phi) is 5.84. The summed E-state index contributed by atoms with van der Waals surface area (Å²) in [7, 11) is 0. The van der Waals surface area contributed by atoms with Crippen molar-refractivity contribution < 1.29 is 0 Å². The van der Waals surface area contributed by atoms with Crippen molar-refractivity contribution in [1.29, 1.82) is 0 Å². The van der Waals surface area contributed by atoms with Gasteiger partial charge in [-0.1, -0.05) is 23.4 Å². The molecule has 18 heavy (non-hydrogen) atoms. The van der Waals surface area contributed by atoms with E-state index in [0.717, 1.165) is 28.1 Å². The SMILES string of the molecule is Clc1ccc(SCCCSc2ncccn2)cc1. The lowest BCUT2D eigenvalue weighted by molar-refractivity contribution is 0.962. The van der Waals surface area contributed by atoms with Crippen molar-refractivity contribution >= 4 is 35.1 Å². The highest BCUT2D eigenvalue weighted by Crippen LogP contribution is 2.22. The van der Waals surface area contributed by atoms with Crippen LogP contribution < -0.4 is 0 Å². The highest BCUT2D eigenvalue weighted by Gasteiger charge is 1.97. The molecule has 0 saturated heterocycles. The summed E-state index contributed by atoms with van der Waals surface area (Å²) < 4.78 is 0. The number of rotatable bonds is 6. The van der Waals surface area contributed by atoms with Crippen LogP contribution in [0, 0.1) is 0 Å². The Balaban J connectivity index is 1.63. The molecule has 1 aromatic heterocycles. The van der Waals surface area contributed by atoms with Crippen LogP contribution in [0.15, 0.2) is 52.8 Å². The molecule has 0 N–H and O–H groups in total. The molecule has 0 atom stereocenters. The molecule has 2 rings (SSSR count). The molecular formula is C13H13ClN2S2. The van der Waals surface area contributed by atoms with E-state index in [1.165, 1.54) is 4.90 Å². The molecule has 2 nitrogen and oxygen atoms in total. The van der Waals surface area contributed by atoms with Gasteiger partial charge in [-0.3, -0.25) is 0 Å². The monoisotopic (exact) mass is 296 g/mol. The first kappa shape index (κ1) is 13.7. The Morgan fingerprint density at radius 1 is 0.944 bits per heavy atom.